The van der Waals surface area contributed by atoms with Crippen LogP contribution < -0.4 is 0 Å². The molecule has 2 atom stereocenters. The number of aryl methyl sites for hydroxylation is 1. The van der Waals surface area contributed by atoms with E-state index in [9.17, 15) is 9.90 Å². The molecule has 1 aliphatic heterocycles. The number of amides is 1. The van der Waals surface area contributed by atoms with Gasteiger partial charge in [-0.2, -0.15) is 0 Å². The first-order chi connectivity index (χ1) is 12.5. The standard InChI is InChI=1S/C21H23ClN2O2/c1-13-15(10-14-6-8-16(22)9-7-14)11-17-18(23-13)12-24(21(17)26)19-4-2-3-5-20(19)25/h6-9,11,19-20,25H,2-5,10,12H2,1H3/t19-,20-/m0/s1. The van der Waals surface area contributed by atoms with Crippen LogP contribution in [-0.2, 0) is 13.0 Å². The van der Waals surface area contributed by atoms with Crippen molar-refractivity contribution in [3.8, 4) is 0 Å². The maximum atomic E-state index is 13.0. The molecule has 0 bridgehead atoms. The minimum Gasteiger partial charge on any atom is -0.391 e. The third-order valence-electron chi connectivity index (χ3n) is 5.61. The van der Waals surface area contributed by atoms with Gasteiger partial charge in [0, 0.05) is 10.7 Å². The number of benzene rings is 1. The lowest BCUT2D eigenvalue weighted by molar-refractivity contribution is 0.0189. The van der Waals surface area contributed by atoms with Crippen molar-refractivity contribution in [2.45, 2.75) is 57.7 Å². The summed E-state index contributed by atoms with van der Waals surface area (Å²) in [5, 5.41) is 11.0. The molecule has 136 valence electrons. The summed E-state index contributed by atoms with van der Waals surface area (Å²) in [6.07, 6.45) is 4.06. The van der Waals surface area contributed by atoms with Gasteiger partial charge in [0.1, 0.15) is 0 Å². The molecule has 5 heteroatoms. The zero-order valence-corrected chi connectivity index (χ0v) is 15.7. The number of fused-ring (bicyclic) bond motifs is 1. The molecule has 1 aliphatic carbocycles. The Morgan fingerprint density at radius 3 is 2.69 bits per heavy atom. The van der Waals surface area contributed by atoms with Crippen molar-refractivity contribution in [2.24, 2.45) is 0 Å². The van der Waals surface area contributed by atoms with Gasteiger partial charge in [0.2, 0.25) is 0 Å². The number of halogens is 1. The first-order valence-corrected chi connectivity index (χ1v) is 9.63. The molecule has 2 aliphatic rings. The van der Waals surface area contributed by atoms with Crippen molar-refractivity contribution >= 4 is 17.5 Å². The van der Waals surface area contributed by atoms with Gasteiger partial charge in [-0.1, -0.05) is 36.6 Å². The van der Waals surface area contributed by atoms with Crippen LogP contribution in [0.15, 0.2) is 30.3 Å². The summed E-state index contributed by atoms with van der Waals surface area (Å²) < 4.78 is 0. The number of carbonyl (C=O) groups excluding carboxylic acids is 1. The van der Waals surface area contributed by atoms with Crippen LogP contribution in [0.2, 0.25) is 5.02 Å². The van der Waals surface area contributed by atoms with Gasteiger partial charge in [0.05, 0.1) is 29.9 Å². The second-order valence-electron chi connectivity index (χ2n) is 7.38. The van der Waals surface area contributed by atoms with Crippen molar-refractivity contribution in [2.75, 3.05) is 0 Å². The van der Waals surface area contributed by atoms with Crippen molar-refractivity contribution in [3.05, 3.63) is 63.4 Å². The summed E-state index contributed by atoms with van der Waals surface area (Å²) >= 11 is 5.96. The molecular weight excluding hydrogens is 348 g/mol. The molecule has 0 radical (unpaired) electrons. The van der Waals surface area contributed by atoms with E-state index in [1.165, 1.54) is 0 Å². The van der Waals surface area contributed by atoms with E-state index in [1.807, 2.05) is 42.2 Å². The van der Waals surface area contributed by atoms with Crippen LogP contribution in [0.3, 0.4) is 0 Å². The number of carbonyl (C=O) groups is 1. The van der Waals surface area contributed by atoms with Gasteiger partial charge in [0.25, 0.3) is 5.91 Å². The van der Waals surface area contributed by atoms with E-state index in [1.54, 1.807) is 0 Å². The second-order valence-corrected chi connectivity index (χ2v) is 7.82. The van der Waals surface area contributed by atoms with E-state index in [-0.39, 0.29) is 11.9 Å². The van der Waals surface area contributed by atoms with Crippen LogP contribution in [0.25, 0.3) is 0 Å². The first-order valence-electron chi connectivity index (χ1n) is 9.26. The molecular formula is C21H23ClN2O2. The molecule has 1 N–H and O–H groups in total. The molecule has 1 fully saturated rings. The number of nitrogens with zero attached hydrogens (tertiary/aromatic N) is 2. The molecule has 4 nitrogen and oxygen atoms in total. The lowest BCUT2D eigenvalue weighted by Gasteiger charge is -2.34. The highest BCUT2D eigenvalue weighted by Crippen LogP contribution is 2.31. The van der Waals surface area contributed by atoms with E-state index in [0.29, 0.717) is 12.1 Å². The summed E-state index contributed by atoms with van der Waals surface area (Å²) in [6, 6.07) is 9.67. The maximum absolute atomic E-state index is 13.0. The van der Waals surface area contributed by atoms with E-state index in [2.05, 4.69) is 0 Å². The Bertz CT molecular complexity index is 835. The van der Waals surface area contributed by atoms with E-state index in [4.69, 9.17) is 16.6 Å². The highest BCUT2D eigenvalue weighted by molar-refractivity contribution is 6.30. The zero-order chi connectivity index (χ0) is 18.3. The number of aromatic nitrogens is 1. The normalized spacial score (nSPS) is 22.6. The molecule has 1 aromatic heterocycles. The van der Waals surface area contributed by atoms with Gasteiger partial charge in [0.15, 0.2) is 0 Å². The smallest absolute Gasteiger partial charge is 0.256 e. The Balaban J connectivity index is 1.59. The molecule has 4 rings (SSSR count). The molecule has 1 saturated carbocycles. The van der Waals surface area contributed by atoms with Gasteiger partial charge >= 0.3 is 0 Å². The van der Waals surface area contributed by atoms with Gasteiger partial charge in [-0.05, 0) is 55.5 Å². The molecule has 2 aromatic rings. The molecule has 0 saturated heterocycles. The number of pyridine rings is 1. The predicted octanol–water partition coefficient (Wildman–Crippen LogP) is 3.89. The quantitative estimate of drug-likeness (QED) is 0.891. The fourth-order valence-corrected chi connectivity index (χ4v) is 4.24. The highest BCUT2D eigenvalue weighted by atomic mass is 35.5. The van der Waals surface area contributed by atoms with Crippen molar-refractivity contribution in [1.29, 1.82) is 0 Å². The van der Waals surface area contributed by atoms with Crippen molar-refractivity contribution in [3.63, 3.8) is 0 Å². The van der Waals surface area contributed by atoms with Crippen LogP contribution in [-0.4, -0.2) is 33.0 Å². The number of hydrogen-bond donors (Lipinski definition) is 1. The number of aliphatic hydroxyl groups is 1. The maximum Gasteiger partial charge on any atom is 0.256 e. The van der Waals surface area contributed by atoms with E-state index >= 15 is 0 Å². The van der Waals surface area contributed by atoms with E-state index < -0.39 is 6.10 Å². The zero-order valence-electron chi connectivity index (χ0n) is 14.9. The number of aliphatic hydroxyl groups excluding tert-OH is 1. The lowest BCUT2D eigenvalue weighted by atomic mass is 9.91. The van der Waals surface area contributed by atoms with Crippen LogP contribution in [0, 0.1) is 6.92 Å². The lowest BCUT2D eigenvalue weighted by Crippen LogP contribution is -2.45. The predicted molar refractivity (Wildman–Crippen MR) is 101 cm³/mol. The largest absolute Gasteiger partial charge is 0.391 e. The summed E-state index contributed by atoms with van der Waals surface area (Å²) in [7, 11) is 0. The summed E-state index contributed by atoms with van der Waals surface area (Å²) in [5.41, 5.74) is 4.69. The fraction of sp³-hybridized carbons (Fsp3) is 0.429. The van der Waals surface area contributed by atoms with Gasteiger partial charge in [-0.15, -0.1) is 0 Å². The van der Waals surface area contributed by atoms with Gasteiger partial charge < -0.3 is 10.0 Å². The minimum atomic E-state index is -0.420. The topological polar surface area (TPSA) is 53.4 Å². The molecule has 1 amide bonds. The fourth-order valence-electron chi connectivity index (χ4n) is 4.11. The van der Waals surface area contributed by atoms with Crippen molar-refractivity contribution in [1.82, 2.24) is 9.88 Å². The van der Waals surface area contributed by atoms with Crippen LogP contribution in [0.4, 0.5) is 0 Å². The Kier molecular flexibility index (Phi) is 4.72. The van der Waals surface area contributed by atoms with Gasteiger partial charge in [-0.25, -0.2) is 0 Å². The minimum absolute atomic E-state index is 0.0100. The Morgan fingerprint density at radius 1 is 1.23 bits per heavy atom. The third-order valence-corrected chi connectivity index (χ3v) is 5.86. The SMILES string of the molecule is Cc1nc2c(cc1Cc1ccc(Cl)cc1)C(=O)N([C@H]1CCCC[C@@H]1O)C2. The second kappa shape index (κ2) is 7.01. The molecule has 0 unspecified atom stereocenters. The summed E-state index contributed by atoms with van der Waals surface area (Å²) in [5.74, 6) is 0.0100. The Morgan fingerprint density at radius 2 is 1.96 bits per heavy atom. The van der Waals surface area contributed by atoms with Crippen LogP contribution in [0.5, 0.6) is 0 Å². The van der Waals surface area contributed by atoms with Crippen molar-refractivity contribution < 1.29 is 9.90 Å². The molecule has 0 spiro atoms. The highest BCUT2D eigenvalue weighted by Gasteiger charge is 2.38. The van der Waals surface area contributed by atoms with Crippen LogP contribution in [0.1, 0.15) is 58.6 Å². The number of rotatable bonds is 3. The average molecular weight is 371 g/mol. The molecule has 26 heavy (non-hydrogen) atoms. The number of hydrogen-bond acceptors (Lipinski definition) is 3. The molecule has 2 heterocycles. The summed E-state index contributed by atoms with van der Waals surface area (Å²) in [4.78, 5) is 19.5. The van der Waals surface area contributed by atoms with E-state index in [0.717, 1.165) is 59.6 Å². The first kappa shape index (κ1) is 17.5. The van der Waals surface area contributed by atoms with Gasteiger partial charge in [-0.3, -0.25) is 9.78 Å². The summed E-state index contributed by atoms with van der Waals surface area (Å²) in [6.45, 7) is 2.51. The van der Waals surface area contributed by atoms with Crippen LogP contribution >= 0.6 is 11.6 Å². The Labute approximate surface area is 158 Å². The monoisotopic (exact) mass is 370 g/mol. The Hall–Kier alpha value is -1.91. The average Bonchev–Trinajstić information content (AvgIpc) is 2.93. The molecule has 1 aromatic carbocycles. The third kappa shape index (κ3) is 3.24.